The number of para-hydroxylation sites is 1. The van der Waals surface area contributed by atoms with Gasteiger partial charge in [-0.15, -0.1) is 5.10 Å². The molecule has 1 aromatic heterocycles. The number of ether oxygens (including phenoxy) is 1. The van der Waals surface area contributed by atoms with E-state index in [0.717, 1.165) is 23.2 Å². The molecule has 37 heavy (non-hydrogen) atoms. The summed E-state index contributed by atoms with van der Waals surface area (Å²) in [5, 5.41) is 21.5. The van der Waals surface area contributed by atoms with Crippen LogP contribution in [-0.2, 0) is 11.8 Å². The molecule has 0 aliphatic rings. The third kappa shape index (κ3) is 5.77. The van der Waals surface area contributed by atoms with Gasteiger partial charge in [-0.2, -0.15) is 23.3 Å². The quantitative estimate of drug-likeness (QED) is 0.142. The van der Waals surface area contributed by atoms with E-state index in [4.69, 9.17) is 4.74 Å². The minimum absolute atomic E-state index is 0.0344. The molecular weight excluding hydrogens is 496 g/mol. The zero-order valence-corrected chi connectivity index (χ0v) is 21.0. The number of anilines is 3. The Kier molecular flexibility index (Phi) is 8.26. The van der Waals surface area contributed by atoms with Crippen LogP contribution in [0.2, 0.25) is 0 Å². The fourth-order valence-electron chi connectivity index (χ4n) is 3.51. The Morgan fingerprint density at radius 1 is 1.35 bits per heavy atom. The molecule has 1 unspecified atom stereocenters. The summed E-state index contributed by atoms with van der Waals surface area (Å²) >= 11 is 0. The second kappa shape index (κ2) is 11.0. The van der Waals surface area contributed by atoms with Crippen molar-refractivity contribution in [1.82, 2.24) is 14.7 Å². The molecule has 1 heterocycles. The molecule has 0 fully saturated rings. The number of aryl methyl sites for hydroxylation is 2. The molecule has 200 valence electrons. The predicted molar refractivity (Wildman–Crippen MR) is 133 cm³/mol. The van der Waals surface area contributed by atoms with Crippen LogP contribution in [0, 0.1) is 12.7 Å². The number of nitrogens with zero attached hydrogens (tertiary/aromatic N) is 5. The van der Waals surface area contributed by atoms with Gasteiger partial charge in [0.05, 0.1) is 5.39 Å². The highest BCUT2D eigenvalue weighted by atomic mass is 19.4. The van der Waals surface area contributed by atoms with Gasteiger partial charge in [0, 0.05) is 32.4 Å². The van der Waals surface area contributed by atoms with Crippen molar-refractivity contribution in [2.45, 2.75) is 33.1 Å². The number of likely N-dealkylation sites (N-methyl/N-ethyl adjacent to an activating group) is 1. The highest BCUT2D eigenvalue weighted by Gasteiger charge is 2.39. The predicted octanol–water partition coefficient (Wildman–Crippen LogP) is 4.31. The Morgan fingerprint density at radius 2 is 2.03 bits per heavy atom. The lowest BCUT2D eigenvalue weighted by Crippen LogP contribution is -2.33. The molecule has 0 aliphatic carbocycles. The molecule has 0 radical (unpaired) electrons. The summed E-state index contributed by atoms with van der Waals surface area (Å²) in [6, 6.07) is 8.09. The zero-order valence-electron chi connectivity index (χ0n) is 21.0. The minimum atomic E-state index is -4.72. The van der Waals surface area contributed by atoms with Gasteiger partial charge in [-0.25, -0.2) is 4.39 Å². The Labute approximate surface area is 210 Å². The number of hydrogen-bond donors (Lipinski definition) is 2. The SMILES string of the molecule is CCN(C)/C(CO)=N\N(C=O)c1cc(OC(C)C(F)(F)F)c2c(Nc3ccccc3C)nn(C)c2c1F. The molecule has 0 saturated carbocycles. The van der Waals surface area contributed by atoms with Gasteiger partial charge in [-0.3, -0.25) is 9.48 Å². The van der Waals surface area contributed by atoms with Crippen LogP contribution >= 0.6 is 0 Å². The van der Waals surface area contributed by atoms with Crippen molar-refractivity contribution in [2.24, 2.45) is 12.1 Å². The maximum atomic E-state index is 15.9. The van der Waals surface area contributed by atoms with Crippen LogP contribution in [0.5, 0.6) is 5.75 Å². The fraction of sp³-hybridized carbons (Fsp3) is 0.375. The number of aliphatic hydroxyl groups is 1. The monoisotopic (exact) mass is 524 g/mol. The number of hydrogen-bond acceptors (Lipinski definition) is 6. The van der Waals surface area contributed by atoms with Crippen molar-refractivity contribution >= 4 is 40.3 Å². The van der Waals surface area contributed by atoms with E-state index >= 15 is 4.39 Å². The van der Waals surface area contributed by atoms with Crippen molar-refractivity contribution in [2.75, 3.05) is 30.5 Å². The first-order valence-corrected chi connectivity index (χ1v) is 11.3. The molecule has 1 atom stereocenters. The highest BCUT2D eigenvalue weighted by Crippen LogP contribution is 2.41. The highest BCUT2D eigenvalue weighted by molar-refractivity contribution is 6.01. The third-order valence-electron chi connectivity index (χ3n) is 5.78. The van der Waals surface area contributed by atoms with E-state index < -0.39 is 30.4 Å². The average Bonchev–Trinajstić information content (AvgIpc) is 3.18. The van der Waals surface area contributed by atoms with Crippen LogP contribution in [0.3, 0.4) is 0 Å². The largest absolute Gasteiger partial charge is 0.480 e. The number of amides is 1. The number of aliphatic hydroxyl groups excluding tert-OH is 1. The molecule has 0 aliphatic heterocycles. The molecule has 0 bridgehead atoms. The standard InChI is InChI=1S/C24H28F4N6O3/c1-6-32(4)19(12-35)30-34(13-36)17-11-18(37-15(3)24(26,27)28)20-22(21(17)25)33(5)31-23(20)29-16-10-8-7-9-14(16)2/h7-11,13,15,35H,6,12H2,1-5H3,(H,29,31)/b30-19-. The van der Waals surface area contributed by atoms with Gasteiger partial charge in [0.15, 0.2) is 23.6 Å². The smallest absolute Gasteiger partial charge is 0.425 e. The second-order valence-corrected chi connectivity index (χ2v) is 8.28. The van der Waals surface area contributed by atoms with Crippen LogP contribution in [0.25, 0.3) is 10.9 Å². The van der Waals surface area contributed by atoms with E-state index in [1.54, 1.807) is 26.1 Å². The van der Waals surface area contributed by atoms with E-state index in [2.05, 4.69) is 15.5 Å². The Balaban J connectivity index is 2.28. The summed E-state index contributed by atoms with van der Waals surface area (Å²) in [7, 11) is 3.01. The summed E-state index contributed by atoms with van der Waals surface area (Å²) < 4.78 is 62.6. The molecule has 13 heteroatoms. The van der Waals surface area contributed by atoms with Gasteiger partial charge in [0.2, 0.25) is 6.41 Å². The van der Waals surface area contributed by atoms with Crippen molar-refractivity contribution in [3.63, 3.8) is 0 Å². The van der Waals surface area contributed by atoms with E-state index in [1.807, 2.05) is 19.1 Å². The Morgan fingerprint density at radius 3 is 2.59 bits per heavy atom. The van der Waals surface area contributed by atoms with E-state index in [1.165, 1.54) is 11.9 Å². The minimum Gasteiger partial charge on any atom is -0.480 e. The lowest BCUT2D eigenvalue weighted by atomic mass is 10.1. The molecular formula is C24H28F4N6O3. The Hall–Kier alpha value is -3.87. The molecule has 0 saturated heterocycles. The zero-order chi connectivity index (χ0) is 27.5. The number of rotatable bonds is 9. The number of benzene rings is 2. The summed E-state index contributed by atoms with van der Waals surface area (Å²) in [5.74, 6) is -1.24. The first-order chi connectivity index (χ1) is 17.4. The second-order valence-electron chi connectivity index (χ2n) is 8.28. The molecule has 2 aromatic carbocycles. The number of halogens is 4. The molecule has 1 amide bonds. The number of fused-ring (bicyclic) bond motifs is 1. The van der Waals surface area contributed by atoms with Crippen molar-refractivity contribution in [3.8, 4) is 5.75 Å². The van der Waals surface area contributed by atoms with Crippen LogP contribution in [0.1, 0.15) is 19.4 Å². The van der Waals surface area contributed by atoms with Gasteiger partial charge in [0.1, 0.15) is 23.6 Å². The molecule has 3 rings (SSSR count). The van der Waals surface area contributed by atoms with Gasteiger partial charge < -0.3 is 20.1 Å². The summed E-state index contributed by atoms with van der Waals surface area (Å²) in [6.45, 7) is 4.26. The van der Waals surface area contributed by atoms with Crippen molar-refractivity contribution < 1.29 is 32.2 Å². The normalized spacial score (nSPS) is 13.0. The van der Waals surface area contributed by atoms with Crippen molar-refractivity contribution in [3.05, 3.63) is 41.7 Å². The number of alkyl halides is 3. The fourth-order valence-corrected chi connectivity index (χ4v) is 3.51. The summed E-state index contributed by atoms with van der Waals surface area (Å²) in [6.07, 6.45) is -6.79. The topological polar surface area (TPSA) is 95.2 Å². The summed E-state index contributed by atoms with van der Waals surface area (Å²) in [5.41, 5.74) is 0.737. The number of hydrazone groups is 1. The number of carbonyl (C=O) groups excluding carboxylic acids is 1. The lowest BCUT2D eigenvalue weighted by Gasteiger charge is -2.23. The average molecular weight is 525 g/mol. The van der Waals surface area contributed by atoms with Gasteiger partial charge in [0.25, 0.3) is 0 Å². The van der Waals surface area contributed by atoms with Crippen LogP contribution in [0.4, 0.5) is 34.8 Å². The first-order valence-electron chi connectivity index (χ1n) is 11.3. The van der Waals surface area contributed by atoms with Crippen LogP contribution < -0.4 is 15.1 Å². The van der Waals surface area contributed by atoms with E-state index in [-0.39, 0.29) is 34.7 Å². The maximum Gasteiger partial charge on any atom is 0.425 e. The lowest BCUT2D eigenvalue weighted by molar-refractivity contribution is -0.188. The number of amidine groups is 1. The van der Waals surface area contributed by atoms with Gasteiger partial charge in [-0.1, -0.05) is 18.2 Å². The summed E-state index contributed by atoms with van der Waals surface area (Å²) in [4.78, 5) is 13.4. The molecule has 0 spiro atoms. The third-order valence-corrected chi connectivity index (χ3v) is 5.78. The maximum absolute atomic E-state index is 15.9. The number of carbonyl (C=O) groups is 1. The van der Waals surface area contributed by atoms with E-state index in [0.29, 0.717) is 17.2 Å². The molecule has 2 N–H and O–H groups in total. The van der Waals surface area contributed by atoms with Crippen molar-refractivity contribution in [1.29, 1.82) is 0 Å². The molecule has 9 nitrogen and oxygen atoms in total. The Bertz CT molecular complexity index is 1310. The van der Waals surface area contributed by atoms with Gasteiger partial charge >= 0.3 is 6.18 Å². The number of nitrogens with one attached hydrogen (secondary N) is 1. The van der Waals surface area contributed by atoms with Crippen LogP contribution in [-0.4, -0.2) is 64.5 Å². The first kappa shape index (κ1) is 27.7. The van der Waals surface area contributed by atoms with Crippen LogP contribution in [0.15, 0.2) is 35.4 Å². The van der Waals surface area contributed by atoms with E-state index in [9.17, 15) is 23.1 Å². The molecule has 3 aromatic rings. The number of aromatic nitrogens is 2. The van der Waals surface area contributed by atoms with Gasteiger partial charge in [-0.05, 0) is 32.4 Å².